The molecule has 1 saturated heterocycles. The Morgan fingerprint density at radius 2 is 2.05 bits per heavy atom. The van der Waals surface area contributed by atoms with Gasteiger partial charge in [0.2, 0.25) is 0 Å². The number of benzene rings is 1. The van der Waals surface area contributed by atoms with E-state index in [0.29, 0.717) is 0 Å². The van der Waals surface area contributed by atoms with Crippen LogP contribution in [0.2, 0.25) is 0 Å². The normalized spacial score (nSPS) is 19.4. The van der Waals surface area contributed by atoms with Gasteiger partial charge in [-0.3, -0.25) is 4.90 Å². The fourth-order valence-electron chi connectivity index (χ4n) is 3.04. The van der Waals surface area contributed by atoms with E-state index in [0.717, 1.165) is 24.5 Å². The molecule has 1 fully saturated rings. The Kier molecular flexibility index (Phi) is 5.28. The van der Waals surface area contributed by atoms with E-state index in [1.165, 1.54) is 36.3 Å². The quantitative estimate of drug-likeness (QED) is 0.760. The van der Waals surface area contributed by atoms with Gasteiger partial charge in [-0.15, -0.1) is 0 Å². The third-order valence-corrected chi connectivity index (χ3v) is 4.93. The van der Waals surface area contributed by atoms with E-state index in [-0.39, 0.29) is 0 Å². The zero-order valence-corrected chi connectivity index (χ0v) is 13.9. The second kappa shape index (κ2) is 6.76. The number of rotatable bonds is 5. The predicted octanol–water partition coefficient (Wildman–Crippen LogP) is 3.81. The Morgan fingerprint density at radius 3 is 2.63 bits per heavy atom. The van der Waals surface area contributed by atoms with E-state index in [4.69, 9.17) is 0 Å². The molecule has 0 spiro atoms. The summed E-state index contributed by atoms with van der Waals surface area (Å²) in [7, 11) is 0. The van der Waals surface area contributed by atoms with Gasteiger partial charge in [0.15, 0.2) is 0 Å². The number of halogens is 1. The molecule has 0 aromatic heterocycles. The van der Waals surface area contributed by atoms with Crippen LogP contribution in [-0.2, 0) is 5.33 Å². The van der Waals surface area contributed by atoms with Crippen LogP contribution >= 0.6 is 15.9 Å². The monoisotopic (exact) mass is 324 g/mol. The van der Waals surface area contributed by atoms with Crippen molar-refractivity contribution in [3.05, 3.63) is 29.3 Å². The van der Waals surface area contributed by atoms with Crippen molar-refractivity contribution in [2.45, 2.75) is 38.6 Å². The summed E-state index contributed by atoms with van der Waals surface area (Å²) in [6.45, 7) is 11.4. The SMILES string of the molecule is CCN(CC)C1CCN(c2ccc(CBr)c(C)c2)C1. The van der Waals surface area contributed by atoms with Gasteiger partial charge >= 0.3 is 0 Å². The average Bonchev–Trinajstić information content (AvgIpc) is 2.90. The molecular formula is C16H25BrN2. The van der Waals surface area contributed by atoms with Crippen LogP contribution in [0.4, 0.5) is 5.69 Å². The molecule has 1 aromatic carbocycles. The number of hydrogen-bond acceptors (Lipinski definition) is 2. The highest BCUT2D eigenvalue weighted by Gasteiger charge is 2.26. The van der Waals surface area contributed by atoms with Crippen LogP contribution in [0.5, 0.6) is 0 Å². The molecule has 2 nitrogen and oxygen atoms in total. The van der Waals surface area contributed by atoms with Gasteiger partial charge in [0, 0.05) is 30.1 Å². The van der Waals surface area contributed by atoms with Crippen molar-refractivity contribution in [1.82, 2.24) is 4.90 Å². The van der Waals surface area contributed by atoms with E-state index in [1.54, 1.807) is 0 Å². The first kappa shape index (κ1) is 14.9. The summed E-state index contributed by atoms with van der Waals surface area (Å²) in [5.74, 6) is 0. The van der Waals surface area contributed by atoms with Gasteiger partial charge in [-0.2, -0.15) is 0 Å². The molecule has 0 bridgehead atoms. The lowest BCUT2D eigenvalue weighted by atomic mass is 10.1. The molecule has 0 N–H and O–H groups in total. The van der Waals surface area contributed by atoms with Gasteiger partial charge in [0.05, 0.1) is 0 Å². The van der Waals surface area contributed by atoms with E-state index in [1.807, 2.05) is 0 Å². The summed E-state index contributed by atoms with van der Waals surface area (Å²) in [6, 6.07) is 7.59. The van der Waals surface area contributed by atoms with Gasteiger partial charge < -0.3 is 4.90 Å². The van der Waals surface area contributed by atoms with Crippen LogP contribution in [-0.4, -0.2) is 37.1 Å². The van der Waals surface area contributed by atoms with Crippen molar-refractivity contribution in [3.63, 3.8) is 0 Å². The minimum Gasteiger partial charge on any atom is -0.370 e. The zero-order chi connectivity index (χ0) is 13.8. The largest absolute Gasteiger partial charge is 0.370 e. The molecule has 3 heteroatoms. The molecule has 1 unspecified atom stereocenters. The molecule has 106 valence electrons. The summed E-state index contributed by atoms with van der Waals surface area (Å²) in [4.78, 5) is 5.12. The molecule has 1 aromatic rings. The Morgan fingerprint density at radius 1 is 1.32 bits per heavy atom. The van der Waals surface area contributed by atoms with E-state index in [2.05, 4.69) is 64.7 Å². The first-order chi connectivity index (χ1) is 9.19. The van der Waals surface area contributed by atoms with Gasteiger partial charge in [-0.25, -0.2) is 0 Å². The Bertz CT molecular complexity index is 415. The molecule has 1 atom stereocenters. The maximum Gasteiger partial charge on any atom is 0.0369 e. The molecule has 1 aliphatic rings. The molecule has 1 heterocycles. The molecular weight excluding hydrogens is 300 g/mol. The lowest BCUT2D eigenvalue weighted by Crippen LogP contribution is -2.37. The van der Waals surface area contributed by atoms with Crippen molar-refractivity contribution in [2.24, 2.45) is 0 Å². The average molecular weight is 325 g/mol. The number of hydrogen-bond donors (Lipinski definition) is 0. The van der Waals surface area contributed by atoms with Crippen LogP contribution in [0.25, 0.3) is 0 Å². The maximum atomic E-state index is 3.54. The molecule has 1 aliphatic heterocycles. The van der Waals surface area contributed by atoms with Crippen LogP contribution < -0.4 is 4.90 Å². The van der Waals surface area contributed by atoms with E-state index < -0.39 is 0 Å². The van der Waals surface area contributed by atoms with Gasteiger partial charge in [0.1, 0.15) is 0 Å². The second-order valence-corrected chi connectivity index (χ2v) is 5.91. The third kappa shape index (κ3) is 3.32. The fraction of sp³-hybridized carbons (Fsp3) is 0.625. The highest BCUT2D eigenvalue weighted by atomic mass is 79.9. The minimum absolute atomic E-state index is 0.728. The summed E-state index contributed by atoms with van der Waals surface area (Å²) in [5.41, 5.74) is 4.17. The van der Waals surface area contributed by atoms with Gasteiger partial charge in [0.25, 0.3) is 0 Å². The number of nitrogens with zero attached hydrogens (tertiary/aromatic N) is 2. The lowest BCUT2D eigenvalue weighted by Gasteiger charge is -2.27. The standard InChI is InChI=1S/C16H25BrN2/c1-4-18(5-2)16-8-9-19(12-16)15-7-6-14(11-17)13(3)10-15/h6-7,10,16H,4-5,8-9,11-12H2,1-3H3. The molecule has 0 saturated carbocycles. The van der Waals surface area contributed by atoms with E-state index >= 15 is 0 Å². The van der Waals surface area contributed by atoms with Crippen molar-refractivity contribution < 1.29 is 0 Å². The lowest BCUT2D eigenvalue weighted by molar-refractivity contribution is 0.232. The van der Waals surface area contributed by atoms with Crippen molar-refractivity contribution in [1.29, 1.82) is 0 Å². The molecule has 2 rings (SSSR count). The fourth-order valence-corrected chi connectivity index (χ4v) is 3.67. The Labute approximate surface area is 125 Å². The van der Waals surface area contributed by atoms with Crippen molar-refractivity contribution in [2.75, 3.05) is 31.1 Å². The second-order valence-electron chi connectivity index (χ2n) is 5.35. The van der Waals surface area contributed by atoms with Gasteiger partial charge in [-0.05, 0) is 49.7 Å². The Balaban J connectivity index is 2.06. The Hall–Kier alpha value is -0.540. The molecule has 19 heavy (non-hydrogen) atoms. The number of aryl methyl sites for hydroxylation is 1. The van der Waals surface area contributed by atoms with Crippen LogP contribution in [0.15, 0.2) is 18.2 Å². The van der Waals surface area contributed by atoms with Crippen molar-refractivity contribution in [3.8, 4) is 0 Å². The predicted molar refractivity (Wildman–Crippen MR) is 87.3 cm³/mol. The summed E-state index contributed by atoms with van der Waals surface area (Å²) < 4.78 is 0. The first-order valence-electron chi connectivity index (χ1n) is 7.34. The third-order valence-electron chi connectivity index (χ3n) is 4.33. The van der Waals surface area contributed by atoms with Crippen LogP contribution in [0.1, 0.15) is 31.4 Å². The minimum atomic E-state index is 0.728. The van der Waals surface area contributed by atoms with Gasteiger partial charge in [-0.1, -0.05) is 35.8 Å². The maximum absolute atomic E-state index is 3.54. The number of alkyl halides is 1. The van der Waals surface area contributed by atoms with Crippen LogP contribution in [0.3, 0.4) is 0 Å². The highest BCUT2D eigenvalue weighted by Crippen LogP contribution is 2.25. The smallest absolute Gasteiger partial charge is 0.0369 e. The van der Waals surface area contributed by atoms with Crippen LogP contribution in [0, 0.1) is 6.92 Å². The molecule has 0 aliphatic carbocycles. The zero-order valence-electron chi connectivity index (χ0n) is 12.3. The molecule has 0 radical (unpaired) electrons. The topological polar surface area (TPSA) is 6.48 Å². The van der Waals surface area contributed by atoms with E-state index in [9.17, 15) is 0 Å². The molecule has 0 amide bonds. The first-order valence-corrected chi connectivity index (χ1v) is 8.46. The summed E-state index contributed by atoms with van der Waals surface area (Å²) >= 11 is 3.54. The highest BCUT2D eigenvalue weighted by molar-refractivity contribution is 9.08. The number of likely N-dealkylation sites (N-methyl/N-ethyl adjacent to an activating group) is 1. The number of anilines is 1. The van der Waals surface area contributed by atoms with Crippen molar-refractivity contribution >= 4 is 21.6 Å². The summed E-state index contributed by atoms with van der Waals surface area (Å²) in [5, 5.41) is 0.946. The summed E-state index contributed by atoms with van der Waals surface area (Å²) in [6.07, 6.45) is 1.29.